The van der Waals surface area contributed by atoms with Gasteiger partial charge in [-0.25, -0.2) is 9.97 Å². The Morgan fingerprint density at radius 2 is 2.50 bits per heavy atom. The molecule has 0 aliphatic carbocycles. The maximum absolute atomic E-state index is 10.4. The van der Waals surface area contributed by atoms with Crippen LogP contribution >= 0.6 is 11.8 Å². The molecule has 0 fully saturated rings. The van der Waals surface area contributed by atoms with E-state index in [4.69, 9.17) is 0 Å². The zero-order valence-corrected chi connectivity index (χ0v) is 9.00. The van der Waals surface area contributed by atoms with Gasteiger partial charge in [-0.1, -0.05) is 6.92 Å². The van der Waals surface area contributed by atoms with E-state index in [0.717, 1.165) is 12.2 Å². The molecule has 6 heteroatoms. The molecule has 1 heterocycles. The molecule has 0 saturated heterocycles. The first-order valence-electron chi connectivity index (χ1n) is 4.46. The predicted octanol–water partition coefficient (Wildman–Crippen LogP) is 2.52. The monoisotopic (exact) mass is 215 g/mol. The third-order valence-corrected chi connectivity index (χ3v) is 3.10. The SMILES string of the molecule is CCCSC(C)c1ncc([N+](=O)[O-])[nH]1. The molecule has 0 spiro atoms. The second-order valence-electron chi connectivity index (χ2n) is 2.92. The normalized spacial score (nSPS) is 12.7. The number of aromatic amines is 1. The van der Waals surface area contributed by atoms with Crippen molar-refractivity contribution in [1.29, 1.82) is 0 Å². The molecule has 0 aliphatic rings. The molecular formula is C8H13N3O2S. The highest BCUT2D eigenvalue weighted by molar-refractivity contribution is 7.99. The van der Waals surface area contributed by atoms with E-state index < -0.39 is 4.92 Å². The summed E-state index contributed by atoms with van der Waals surface area (Å²) >= 11 is 1.74. The average molecular weight is 215 g/mol. The Bertz CT molecular complexity index is 313. The van der Waals surface area contributed by atoms with E-state index in [-0.39, 0.29) is 11.1 Å². The van der Waals surface area contributed by atoms with E-state index in [9.17, 15) is 10.1 Å². The molecule has 14 heavy (non-hydrogen) atoms. The molecule has 0 aliphatic heterocycles. The summed E-state index contributed by atoms with van der Waals surface area (Å²) in [4.78, 5) is 16.6. The Kier molecular flexibility index (Phi) is 3.94. The van der Waals surface area contributed by atoms with Gasteiger partial charge in [0, 0.05) is 0 Å². The highest BCUT2D eigenvalue weighted by atomic mass is 32.2. The summed E-state index contributed by atoms with van der Waals surface area (Å²) in [6.45, 7) is 4.09. The van der Waals surface area contributed by atoms with Crippen LogP contribution in [0.5, 0.6) is 0 Å². The standard InChI is InChI=1S/C8H13N3O2S/c1-3-4-14-6(2)8-9-5-7(10-8)11(12)13/h5-6H,3-4H2,1-2H3,(H,9,10). The van der Waals surface area contributed by atoms with Crippen molar-refractivity contribution >= 4 is 17.6 Å². The summed E-state index contributed by atoms with van der Waals surface area (Å²) in [5.41, 5.74) is 0. The van der Waals surface area contributed by atoms with Gasteiger partial charge in [-0.05, 0) is 24.0 Å². The maximum Gasteiger partial charge on any atom is 0.340 e. The molecule has 0 aromatic carbocycles. The summed E-state index contributed by atoms with van der Waals surface area (Å²) in [6.07, 6.45) is 2.36. The van der Waals surface area contributed by atoms with Crippen molar-refractivity contribution in [3.63, 3.8) is 0 Å². The second-order valence-corrected chi connectivity index (χ2v) is 4.37. The first-order valence-corrected chi connectivity index (χ1v) is 5.51. The highest BCUT2D eigenvalue weighted by Crippen LogP contribution is 2.27. The molecule has 1 aromatic heterocycles. The number of nitrogens with one attached hydrogen (secondary N) is 1. The number of rotatable bonds is 5. The van der Waals surface area contributed by atoms with Gasteiger partial charge in [0.2, 0.25) is 5.82 Å². The van der Waals surface area contributed by atoms with Crippen molar-refractivity contribution in [1.82, 2.24) is 9.97 Å². The van der Waals surface area contributed by atoms with Crippen LogP contribution in [0.4, 0.5) is 5.82 Å². The lowest BCUT2D eigenvalue weighted by atomic mass is 10.5. The van der Waals surface area contributed by atoms with E-state index in [1.54, 1.807) is 11.8 Å². The number of H-pyrrole nitrogens is 1. The third kappa shape index (κ3) is 2.73. The molecule has 0 amide bonds. The third-order valence-electron chi connectivity index (χ3n) is 1.74. The zero-order valence-electron chi connectivity index (χ0n) is 8.19. The van der Waals surface area contributed by atoms with Gasteiger partial charge in [0.1, 0.15) is 6.20 Å². The van der Waals surface area contributed by atoms with Crippen LogP contribution in [0.2, 0.25) is 0 Å². The minimum atomic E-state index is -0.465. The first kappa shape index (κ1) is 11.0. The number of hydrogen-bond acceptors (Lipinski definition) is 4. The fraction of sp³-hybridized carbons (Fsp3) is 0.625. The van der Waals surface area contributed by atoms with Crippen LogP contribution in [0.15, 0.2) is 6.20 Å². The number of imidazole rings is 1. The molecule has 1 unspecified atom stereocenters. The van der Waals surface area contributed by atoms with E-state index >= 15 is 0 Å². The number of thioether (sulfide) groups is 1. The molecular weight excluding hydrogens is 202 g/mol. The fourth-order valence-electron chi connectivity index (χ4n) is 0.999. The fourth-order valence-corrected chi connectivity index (χ4v) is 1.87. The Balaban J connectivity index is 2.61. The van der Waals surface area contributed by atoms with Crippen LogP contribution in [0, 0.1) is 10.1 Å². The van der Waals surface area contributed by atoms with Crippen molar-refractivity contribution in [2.45, 2.75) is 25.5 Å². The van der Waals surface area contributed by atoms with Gasteiger partial charge < -0.3 is 10.1 Å². The molecule has 1 atom stereocenters. The van der Waals surface area contributed by atoms with Crippen molar-refractivity contribution < 1.29 is 4.92 Å². The molecule has 78 valence electrons. The lowest BCUT2D eigenvalue weighted by Crippen LogP contribution is -1.93. The van der Waals surface area contributed by atoms with Crippen molar-refractivity contribution in [2.75, 3.05) is 5.75 Å². The van der Waals surface area contributed by atoms with Crippen molar-refractivity contribution in [3.8, 4) is 0 Å². The van der Waals surface area contributed by atoms with Gasteiger partial charge in [-0.3, -0.25) is 0 Å². The van der Waals surface area contributed by atoms with E-state index in [0.29, 0.717) is 5.82 Å². The van der Waals surface area contributed by atoms with Crippen LogP contribution in [0.25, 0.3) is 0 Å². The maximum atomic E-state index is 10.4. The highest BCUT2D eigenvalue weighted by Gasteiger charge is 2.15. The van der Waals surface area contributed by atoms with Gasteiger partial charge >= 0.3 is 5.82 Å². The predicted molar refractivity (Wildman–Crippen MR) is 56.4 cm³/mol. The van der Waals surface area contributed by atoms with Crippen LogP contribution < -0.4 is 0 Å². The van der Waals surface area contributed by atoms with E-state index in [1.807, 2.05) is 6.92 Å². The number of aromatic nitrogens is 2. The quantitative estimate of drug-likeness (QED) is 0.605. The van der Waals surface area contributed by atoms with Crippen LogP contribution in [-0.2, 0) is 0 Å². The van der Waals surface area contributed by atoms with Gasteiger partial charge in [0.05, 0.1) is 5.25 Å². The lowest BCUT2D eigenvalue weighted by Gasteiger charge is -2.03. The van der Waals surface area contributed by atoms with Gasteiger partial charge in [0.25, 0.3) is 0 Å². The lowest BCUT2D eigenvalue weighted by molar-refractivity contribution is -0.389. The summed E-state index contributed by atoms with van der Waals surface area (Å²) in [6, 6.07) is 0. The van der Waals surface area contributed by atoms with Crippen LogP contribution in [-0.4, -0.2) is 20.6 Å². The second kappa shape index (κ2) is 4.99. The Labute approximate surface area is 86.5 Å². The number of nitrogens with zero attached hydrogens (tertiary/aromatic N) is 2. The molecule has 1 rings (SSSR count). The molecule has 0 radical (unpaired) electrons. The summed E-state index contributed by atoms with van der Waals surface area (Å²) in [5.74, 6) is 1.68. The average Bonchev–Trinajstić information content (AvgIpc) is 2.62. The molecule has 0 bridgehead atoms. The van der Waals surface area contributed by atoms with E-state index in [2.05, 4.69) is 16.9 Å². The zero-order chi connectivity index (χ0) is 10.6. The Morgan fingerprint density at radius 3 is 3.00 bits per heavy atom. The topological polar surface area (TPSA) is 71.8 Å². The molecule has 1 aromatic rings. The summed E-state index contributed by atoms with van der Waals surface area (Å²) in [7, 11) is 0. The Hall–Kier alpha value is -1.04. The number of hydrogen-bond donors (Lipinski definition) is 1. The number of nitro groups is 1. The van der Waals surface area contributed by atoms with Gasteiger partial charge in [0.15, 0.2) is 0 Å². The largest absolute Gasteiger partial charge is 0.358 e. The van der Waals surface area contributed by atoms with Crippen LogP contribution in [0.1, 0.15) is 31.3 Å². The van der Waals surface area contributed by atoms with Crippen LogP contribution in [0.3, 0.4) is 0 Å². The van der Waals surface area contributed by atoms with Crippen molar-refractivity contribution in [2.24, 2.45) is 0 Å². The molecule has 0 saturated carbocycles. The van der Waals surface area contributed by atoms with Gasteiger partial charge in [-0.15, -0.1) is 11.8 Å². The Morgan fingerprint density at radius 1 is 1.79 bits per heavy atom. The van der Waals surface area contributed by atoms with E-state index in [1.165, 1.54) is 6.20 Å². The van der Waals surface area contributed by atoms with Gasteiger partial charge in [-0.2, -0.15) is 0 Å². The molecule has 5 nitrogen and oxygen atoms in total. The minimum Gasteiger partial charge on any atom is -0.358 e. The summed E-state index contributed by atoms with van der Waals surface area (Å²) in [5, 5.41) is 10.6. The van der Waals surface area contributed by atoms with Crippen molar-refractivity contribution in [3.05, 3.63) is 22.1 Å². The summed E-state index contributed by atoms with van der Waals surface area (Å²) < 4.78 is 0. The first-order chi connectivity index (χ1) is 6.65. The minimum absolute atomic E-state index is 0.0380. The molecule has 1 N–H and O–H groups in total. The smallest absolute Gasteiger partial charge is 0.340 e.